The number of anilines is 1. The van der Waals surface area contributed by atoms with E-state index in [1.807, 2.05) is 0 Å². The van der Waals surface area contributed by atoms with Crippen LogP contribution in [0.15, 0.2) is 23.0 Å². The summed E-state index contributed by atoms with van der Waals surface area (Å²) in [4.78, 5) is 31.1. The van der Waals surface area contributed by atoms with Gasteiger partial charge in [0.1, 0.15) is 11.6 Å². The molecule has 0 saturated carbocycles. The zero-order chi connectivity index (χ0) is 18.8. The number of hydrogen-bond donors (Lipinski definition) is 2. The van der Waals surface area contributed by atoms with Crippen LogP contribution in [0, 0.1) is 6.92 Å². The number of ether oxygens (including phenoxy) is 3. The highest BCUT2D eigenvalue weighted by Crippen LogP contribution is 2.38. The molecule has 10 heteroatoms. The van der Waals surface area contributed by atoms with Gasteiger partial charge < -0.3 is 19.5 Å². The third-order valence-electron chi connectivity index (χ3n) is 3.61. The van der Waals surface area contributed by atoms with Crippen molar-refractivity contribution in [3.63, 3.8) is 0 Å². The first-order valence-corrected chi connectivity index (χ1v) is 7.55. The number of rotatable bonds is 5. The first-order chi connectivity index (χ1) is 12.5. The van der Waals surface area contributed by atoms with Gasteiger partial charge in [-0.05, 0) is 19.1 Å². The van der Waals surface area contributed by atoms with Gasteiger partial charge in [0.15, 0.2) is 11.5 Å². The second kappa shape index (κ2) is 6.75. The number of carbonyl (C=O) groups is 1. The molecule has 2 N–H and O–H groups in total. The number of nitrogens with one attached hydrogen (secondary N) is 2. The van der Waals surface area contributed by atoms with Crippen LogP contribution >= 0.6 is 0 Å². The normalized spacial score (nSPS) is 10.6. The summed E-state index contributed by atoms with van der Waals surface area (Å²) in [5.41, 5.74) is -0.158. The number of aryl methyl sites for hydroxylation is 1. The molecule has 0 spiro atoms. The van der Waals surface area contributed by atoms with Crippen molar-refractivity contribution in [3.8, 4) is 17.2 Å². The summed E-state index contributed by atoms with van der Waals surface area (Å²) in [5, 5.41) is 6.79. The van der Waals surface area contributed by atoms with Crippen LogP contribution in [0.1, 0.15) is 16.2 Å². The SMILES string of the molecule is COc1cc(C(=O)Nc2cc(=O)[nH]c3nc(C)nn23)cc(OC)c1OC. The van der Waals surface area contributed by atoms with E-state index in [0.717, 1.165) is 0 Å². The molecule has 1 amide bonds. The van der Waals surface area contributed by atoms with E-state index in [1.165, 1.54) is 44.0 Å². The fourth-order valence-electron chi connectivity index (χ4n) is 2.49. The molecule has 2 aromatic heterocycles. The van der Waals surface area contributed by atoms with Crippen molar-refractivity contribution >= 4 is 17.5 Å². The molecule has 0 aliphatic heterocycles. The topological polar surface area (TPSA) is 120 Å². The number of nitrogens with zero attached hydrogens (tertiary/aromatic N) is 3. The Morgan fingerprint density at radius 3 is 2.35 bits per heavy atom. The molecule has 1 aromatic carbocycles. The molecule has 26 heavy (non-hydrogen) atoms. The molecule has 0 bridgehead atoms. The number of amides is 1. The lowest BCUT2D eigenvalue weighted by molar-refractivity contribution is 0.102. The van der Waals surface area contributed by atoms with Crippen LogP contribution in [0.2, 0.25) is 0 Å². The highest BCUT2D eigenvalue weighted by molar-refractivity contribution is 6.04. The molecule has 10 nitrogen and oxygen atoms in total. The summed E-state index contributed by atoms with van der Waals surface area (Å²) in [5.74, 6) is 1.43. The maximum atomic E-state index is 12.7. The smallest absolute Gasteiger partial charge is 0.257 e. The van der Waals surface area contributed by atoms with Gasteiger partial charge in [0, 0.05) is 11.6 Å². The maximum absolute atomic E-state index is 12.7. The van der Waals surface area contributed by atoms with E-state index in [4.69, 9.17) is 14.2 Å². The Morgan fingerprint density at radius 1 is 1.12 bits per heavy atom. The molecule has 3 rings (SSSR count). The van der Waals surface area contributed by atoms with Crippen LogP contribution in [-0.2, 0) is 0 Å². The number of hydrogen-bond acceptors (Lipinski definition) is 7. The van der Waals surface area contributed by atoms with Crippen molar-refractivity contribution in [1.82, 2.24) is 19.6 Å². The lowest BCUT2D eigenvalue weighted by Gasteiger charge is -2.14. The number of H-pyrrole nitrogens is 1. The Hall–Kier alpha value is -3.56. The first-order valence-electron chi connectivity index (χ1n) is 7.55. The van der Waals surface area contributed by atoms with Crippen LogP contribution in [0.4, 0.5) is 5.82 Å². The van der Waals surface area contributed by atoms with Crippen molar-refractivity contribution in [2.24, 2.45) is 0 Å². The summed E-state index contributed by atoms with van der Waals surface area (Å²) in [6.07, 6.45) is 0. The number of methoxy groups -OCH3 is 3. The van der Waals surface area contributed by atoms with Gasteiger partial charge in [-0.3, -0.25) is 14.6 Å². The summed E-state index contributed by atoms with van der Waals surface area (Å²) in [6.45, 7) is 1.68. The van der Waals surface area contributed by atoms with Crippen molar-refractivity contribution < 1.29 is 19.0 Å². The van der Waals surface area contributed by atoms with Gasteiger partial charge in [-0.15, -0.1) is 5.10 Å². The van der Waals surface area contributed by atoms with Crippen LogP contribution < -0.4 is 25.1 Å². The quantitative estimate of drug-likeness (QED) is 0.697. The van der Waals surface area contributed by atoms with Crippen LogP contribution in [0.5, 0.6) is 17.2 Å². The monoisotopic (exact) mass is 359 g/mol. The van der Waals surface area contributed by atoms with E-state index in [1.54, 1.807) is 6.92 Å². The fourth-order valence-corrected chi connectivity index (χ4v) is 2.49. The Morgan fingerprint density at radius 2 is 1.77 bits per heavy atom. The van der Waals surface area contributed by atoms with Gasteiger partial charge in [0.25, 0.3) is 11.5 Å². The van der Waals surface area contributed by atoms with Crippen molar-refractivity contribution in [3.05, 3.63) is 39.9 Å². The first kappa shape index (κ1) is 17.3. The number of aromatic amines is 1. The average Bonchev–Trinajstić information content (AvgIpc) is 3.00. The molecule has 0 unspecified atom stereocenters. The molecular formula is C16H17N5O5. The van der Waals surface area contributed by atoms with E-state index in [0.29, 0.717) is 23.1 Å². The molecule has 136 valence electrons. The number of carbonyl (C=O) groups excluding carboxylic acids is 1. The number of aromatic nitrogens is 4. The molecule has 0 radical (unpaired) electrons. The zero-order valence-electron chi connectivity index (χ0n) is 14.6. The van der Waals surface area contributed by atoms with Gasteiger partial charge in [0.2, 0.25) is 11.5 Å². The third-order valence-corrected chi connectivity index (χ3v) is 3.61. The van der Waals surface area contributed by atoms with Gasteiger partial charge in [-0.25, -0.2) is 0 Å². The van der Waals surface area contributed by atoms with E-state index < -0.39 is 11.5 Å². The average molecular weight is 359 g/mol. The van der Waals surface area contributed by atoms with Crippen LogP contribution in [-0.4, -0.2) is 46.8 Å². The van der Waals surface area contributed by atoms with Gasteiger partial charge in [-0.2, -0.15) is 9.50 Å². The predicted molar refractivity (Wildman–Crippen MR) is 92.4 cm³/mol. The van der Waals surface area contributed by atoms with E-state index >= 15 is 0 Å². The number of fused-ring (bicyclic) bond motifs is 1. The van der Waals surface area contributed by atoms with E-state index in [-0.39, 0.29) is 17.2 Å². The minimum Gasteiger partial charge on any atom is -0.493 e. The lowest BCUT2D eigenvalue weighted by Crippen LogP contribution is -2.19. The predicted octanol–water partition coefficient (Wildman–Crippen LogP) is 1.00. The van der Waals surface area contributed by atoms with Crippen molar-refractivity contribution in [2.75, 3.05) is 26.6 Å². The van der Waals surface area contributed by atoms with E-state index in [9.17, 15) is 9.59 Å². The van der Waals surface area contributed by atoms with Gasteiger partial charge in [0.05, 0.1) is 21.3 Å². The third kappa shape index (κ3) is 3.04. The standard InChI is InChI=1S/C16H17N5O5/c1-8-17-16-19-13(22)7-12(21(16)20-8)18-15(23)9-5-10(24-2)14(26-4)11(6-9)25-3/h5-7H,1-4H3,(H,18,23)(H,17,19,20,22). The summed E-state index contributed by atoms with van der Waals surface area (Å²) in [7, 11) is 4.38. The Labute approximate surface area is 147 Å². The Bertz CT molecular complexity index is 1010. The van der Waals surface area contributed by atoms with Crippen molar-refractivity contribution in [2.45, 2.75) is 6.92 Å². The van der Waals surface area contributed by atoms with Crippen LogP contribution in [0.3, 0.4) is 0 Å². The van der Waals surface area contributed by atoms with Crippen molar-refractivity contribution in [1.29, 1.82) is 0 Å². The second-order valence-corrected chi connectivity index (χ2v) is 5.28. The van der Waals surface area contributed by atoms with Gasteiger partial charge >= 0.3 is 0 Å². The van der Waals surface area contributed by atoms with E-state index in [2.05, 4.69) is 20.4 Å². The Kier molecular flexibility index (Phi) is 4.48. The zero-order valence-corrected chi connectivity index (χ0v) is 14.6. The second-order valence-electron chi connectivity index (χ2n) is 5.28. The molecular weight excluding hydrogens is 342 g/mol. The molecule has 0 saturated heterocycles. The highest BCUT2D eigenvalue weighted by Gasteiger charge is 2.18. The molecule has 0 fully saturated rings. The van der Waals surface area contributed by atoms with Crippen LogP contribution in [0.25, 0.3) is 5.78 Å². The summed E-state index contributed by atoms with van der Waals surface area (Å²) >= 11 is 0. The largest absolute Gasteiger partial charge is 0.493 e. The van der Waals surface area contributed by atoms with Gasteiger partial charge in [-0.1, -0.05) is 0 Å². The molecule has 0 aliphatic carbocycles. The highest BCUT2D eigenvalue weighted by atomic mass is 16.5. The minimum atomic E-state index is -0.482. The summed E-state index contributed by atoms with van der Waals surface area (Å²) in [6, 6.07) is 4.23. The molecule has 3 aromatic rings. The number of benzene rings is 1. The fraction of sp³-hybridized carbons (Fsp3) is 0.250. The summed E-state index contributed by atoms with van der Waals surface area (Å²) < 4.78 is 17.1. The molecule has 0 atom stereocenters. The molecule has 0 aliphatic rings. The molecule has 2 heterocycles. The minimum absolute atomic E-state index is 0.183. The lowest BCUT2D eigenvalue weighted by atomic mass is 10.1. The maximum Gasteiger partial charge on any atom is 0.257 e. The Balaban J connectivity index is 2.02.